The van der Waals surface area contributed by atoms with Gasteiger partial charge in [0.25, 0.3) is 0 Å². The van der Waals surface area contributed by atoms with Gasteiger partial charge in [-0.25, -0.2) is 9.97 Å². The number of nitrogens with one attached hydrogen (secondary N) is 1. The molecule has 2 rings (SSSR count). The summed E-state index contributed by atoms with van der Waals surface area (Å²) >= 11 is 0. The molecule has 8 nitrogen and oxygen atoms in total. The standard InChI is InChI=1S/C13H12N6O2/c1-3-16-13-17-8(2)12(19(20)21)11(18-13)10-4-9(5-14)6-15-7-10/h4,6-7H,3H2,1-2H3,(H,16,17,18). The van der Waals surface area contributed by atoms with Crippen LogP contribution in [0.25, 0.3) is 11.3 Å². The number of nitro groups is 1. The Morgan fingerprint density at radius 1 is 1.43 bits per heavy atom. The number of rotatable bonds is 4. The number of nitrogens with zero attached hydrogens (tertiary/aromatic N) is 5. The van der Waals surface area contributed by atoms with E-state index in [4.69, 9.17) is 5.26 Å². The first-order valence-electron chi connectivity index (χ1n) is 6.19. The van der Waals surface area contributed by atoms with Crippen LogP contribution in [-0.4, -0.2) is 26.4 Å². The normalized spacial score (nSPS) is 9.95. The predicted molar refractivity (Wildman–Crippen MR) is 75.5 cm³/mol. The highest BCUT2D eigenvalue weighted by molar-refractivity contribution is 5.72. The quantitative estimate of drug-likeness (QED) is 0.674. The summed E-state index contributed by atoms with van der Waals surface area (Å²) in [7, 11) is 0. The maximum atomic E-state index is 11.3. The zero-order valence-corrected chi connectivity index (χ0v) is 11.5. The number of hydrogen-bond donors (Lipinski definition) is 1. The summed E-state index contributed by atoms with van der Waals surface area (Å²) in [5, 5.41) is 23.1. The Bertz CT molecular complexity index is 738. The SMILES string of the molecule is CCNc1nc(C)c([N+](=O)[O-])c(-c2cncc(C#N)c2)n1. The third kappa shape index (κ3) is 2.92. The lowest BCUT2D eigenvalue weighted by atomic mass is 10.1. The molecular formula is C13H12N6O2. The number of pyridine rings is 1. The Kier molecular flexibility index (Phi) is 4.04. The van der Waals surface area contributed by atoms with Crippen LogP contribution in [-0.2, 0) is 0 Å². The maximum Gasteiger partial charge on any atom is 0.316 e. The van der Waals surface area contributed by atoms with Crippen molar-refractivity contribution in [1.29, 1.82) is 5.26 Å². The van der Waals surface area contributed by atoms with Crippen molar-refractivity contribution in [3.05, 3.63) is 39.8 Å². The summed E-state index contributed by atoms with van der Waals surface area (Å²) in [6, 6.07) is 3.46. The predicted octanol–water partition coefficient (Wildman–Crippen LogP) is 2.06. The number of aryl methyl sites for hydroxylation is 1. The van der Waals surface area contributed by atoms with Crippen molar-refractivity contribution in [1.82, 2.24) is 15.0 Å². The molecule has 0 amide bonds. The third-order valence-electron chi connectivity index (χ3n) is 2.72. The molecule has 8 heteroatoms. The number of anilines is 1. The molecule has 2 aromatic rings. The van der Waals surface area contributed by atoms with Crippen molar-refractivity contribution in [2.75, 3.05) is 11.9 Å². The second kappa shape index (κ2) is 5.92. The lowest BCUT2D eigenvalue weighted by Gasteiger charge is -2.08. The monoisotopic (exact) mass is 284 g/mol. The van der Waals surface area contributed by atoms with Crippen molar-refractivity contribution in [3.63, 3.8) is 0 Å². The van der Waals surface area contributed by atoms with Gasteiger partial charge in [0.1, 0.15) is 11.8 Å². The fourth-order valence-corrected chi connectivity index (χ4v) is 1.85. The topological polar surface area (TPSA) is 118 Å². The minimum atomic E-state index is -0.528. The summed E-state index contributed by atoms with van der Waals surface area (Å²) in [6.07, 6.45) is 2.82. The molecule has 0 aromatic carbocycles. The molecular weight excluding hydrogens is 272 g/mol. The minimum absolute atomic E-state index is 0.146. The smallest absolute Gasteiger partial charge is 0.316 e. The maximum absolute atomic E-state index is 11.3. The van der Waals surface area contributed by atoms with Crippen LogP contribution >= 0.6 is 0 Å². The second-order valence-corrected chi connectivity index (χ2v) is 4.19. The van der Waals surface area contributed by atoms with Gasteiger partial charge < -0.3 is 5.32 Å². The van der Waals surface area contributed by atoms with E-state index in [2.05, 4.69) is 20.3 Å². The highest BCUT2D eigenvalue weighted by Crippen LogP contribution is 2.31. The summed E-state index contributed by atoms with van der Waals surface area (Å²) in [6.45, 7) is 4.01. The van der Waals surface area contributed by atoms with Gasteiger partial charge in [0, 0.05) is 24.5 Å². The summed E-state index contributed by atoms with van der Waals surface area (Å²) in [4.78, 5) is 22.9. The summed E-state index contributed by atoms with van der Waals surface area (Å²) in [5.74, 6) is 0.304. The van der Waals surface area contributed by atoms with E-state index in [9.17, 15) is 10.1 Å². The van der Waals surface area contributed by atoms with E-state index in [0.29, 0.717) is 23.6 Å². The zero-order valence-electron chi connectivity index (χ0n) is 11.5. The lowest BCUT2D eigenvalue weighted by Crippen LogP contribution is -2.07. The first kappa shape index (κ1) is 14.3. The fraction of sp³-hybridized carbons (Fsp3) is 0.231. The van der Waals surface area contributed by atoms with Gasteiger partial charge in [0.15, 0.2) is 5.69 Å². The highest BCUT2D eigenvalue weighted by Gasteiger charge is 2.23. The second-order valence-electron chi connectivity index (χ2n) is 4.19. The Balaban J connectivity index is 2.69. The molecule has 0 aliphatic rings. The Hall–Kier alpha value is -3.08. The van der Waals surface area contributed by atoms with Gasteiger partial charge in [0.2, 0.25) is 5.95 Å². The Labute approximate surface area is 120 Å². The van der Waals surface area contributed by atoms with Gasteiger partial charge >= 0.3 is 5.69 Å². The van der Waals surface area contributed by atoms with E-state index in [1.807, 2.05) is 13.0 Å². The molecule has 0 aliphatic carbocycles. The van der Waals surface area contributed by atoms with E-state index in [1.54, 1.807) is 6.92 Å². The molecule has 106 valence electrons. The van der Waals surface area contributed by atoms with Crippen molar-refractivity contribution in [3.8, 4) is 17.3 Å². The molecule has 0 aliphatic heterocycles. The summed E-state index contributed by atoms with van der Waals surface area (Å²) in [5.41, 5.74) is 0.929. The van der Waals surface area contributed by atoms with Gasteiger partial charge in [-0.05, 0) is 19.9 Å². The zero-order chi connectivity index (χ0) is 15.4. The molecule has 0 fully saturated rings. The van der Waals surface area contributed by atoms with Crippen LogP contribution in [0.3, 0.4) is 0 Å². The van der Waals surface area contributed by atoms with Crippen LogP contribution in [0.2, 0.25) is 0 Å². The molecule has 0 saturated carbocycles. The van der Waals surface area contributed by atoms with E-state index >= 15 is 0 Å². The largest absolute Gasteiger partial charge is 0.354 e. The van der Waals surface area contributed by atoms with E-state index in [-0.39, 0.29) is 17.1 Å². The molecule has 2 aromatic heterocycles. The number of aromatic nitrogens is 3. The van der Waals surface area contributed by atoms with Gasteiger partial charge in [-0.1, -0.05) is 0 Å². The van der Waals surface area contributed by atoms with Crippen LogP contribution in [0.15, 0.2) is 18.5 Å². The molecule has 0 saturated heterocycles. The third-order valence-corrected chi connectivity index (χ3v) is 2.72. The van der Waals surface area contributed by atoms with Gasteiger partial charge in [-0.15, -0.1) is 0 Å². The van der Waals surface area contributed by atoms with Crippen molar-refractivity contribution in [2.24, 2.45) is 0 Å². The molecule has 0 unspecified atom stereocenters. The van der Waals surface area contributed by atoms with E-state index in [1.165, 1.54) is 18.5 Å². The van der Waals surface area contributed by atoms with Crippen molar-refractivity contribution < 1.29 is 4.92 Å². The number of hydrogen-bond acceptors (Lipinski definition) is 7. The van der Waals surface area contributed by atoms with Gasteiger partial charge in [0.05, 0.1) is 10.5 Å². The first-order chi connectivity index (χ1) is 10.1. The minimum Gasteiger partial charge on any atom is -0.354 e. The molecule has 2 heterocycles. The van der Waals surface area contributed by atoms with Crippen LogP contribution in [0.1, 0.15) is 18.2 Å². The molecule has 0 bridgehead atoms. The highest BCUT2D eigenvalue weighted by atomic mass is 16.6. The molecule has 21 heavy (non-hydrogen) atoms. The first-order valence-corrected chi connectivity index (χ1v) is 6.19. The average Bonchev–Trinajstić information content (AvgIpc) is 2.46. The van der Waals surface area contributed by atoms with Crippen LogP contribution in [0.4, 0.5) is 11.6 Å². The Morgan fingerprint density at radius 3 is 2.81 bits per heavy atom. The lowest BCUT2D eigenvalue weighted by molar-refractivity contribution is -0.385. The summed E-state index contributed by atoms with van der Waals surface area (Å²) < 4.78 is 0. The van der Waals surface area contributed by atoms with Crippen molar-refractivity contribution in [2.45, 2.75) is 13.8 Å². The van der Waals surface area contributed by atoms with Crippen LogP contribution < -0.4 is 5.32 Å². The molecule has 0 atom stereocenters. The van der Waals surface area contributed by atoms with Crippen LogP contribution in [0, 0.1) is 28.4 Å². The van der Waals surface area contributed by atoms with Crippen LogP contribution in [0.5, 0.6) is 0 Å². The number of nitriles is 1. The molecule has 1 N–H and O–H groups in total. The fourth-order valence-electron chi connectivity index (χ4n) is 1.85. The average molecular weight is 284 g/mol. The molecule has 0 spiro atoms. The Morgan fingerprint density at radius 2 is 2.19 bits per heavy atom. The van der Waals surface area contributed by atoms with Gasteiger partial charge in [-0.2, -0.15) is 5.26 Å². The van der Waals surface area contributed by atoms with E-state index < -0.39 is 4.92 Å². The van der Waals surface area contributed by atoms with Crippen molar-refractivity contribution >= 4 is 11.6 Å². The van der Waals surface area contributed by atoms with Gasteiger partial charge in [-0.3, -0.25) is 15.1 Å². The molecule has 0 radical (unpaired) electrons. The van der Waals surface area contributed by atoms with E-state index in [0.717, 1.165) is 0 Å².